The summed E-state index contributed by atoms with van der Waals surface area (Å²) >= 11 is 0. The first kappa shape index (κ1) is 7.56. The van der Waals surface area contributed by atoms with Gasteiger partial charge in [0, 0.05) is 31.2 Å². The van der Waals surface area contributed by atoms with Crippen LogP contribution in [0.1, 0.15) is 30.1 Å². The fraction of sp³-hybridized carbons (Fsp3) is 0.700. The van der Waals surface area contributed by atoms with E-state index in [4.69, 9.17) is 0 Å². The molecule has 70 valence electrons. The molecule has 0 aromatic carbocycles. The van der Waals surface area contributed by atoms with Gasteiger partial charge in [0.25, 0.3) is 0 Å². The van der Waals surface area contributed by atoms with Gasteiger partial charge in [-0.25, -0.2) is 0 Å². The van der Waals surface area contributed by atoms with Crippen molar-refractivity contribution in [3.63, 3.8) is 0 Å². The number of nitrogens with zero attached hydrogens (tertiary/aromatic N) is 2. The summed E-state index contributed by atoms with van der Waals surface area (Å²) in [4.78, 5) is 0. The van der Waals surface area contributed by atoms with Crippen molar-refractivity contribution in [2.24, 2.45) is 0 Å². The molecule has 1 aromatic rings. The van der Waals surface area contributed by atoms with E-state index in [1.807, 2.05) is 0 Å². The number of nitrogens with one attached hydrogen (secondary N) is 1. The first-order valence-electron chi connectivity index (χ1n) is 5.21. The monoisotopic (exact) mass is 177 g/mol. The van der Waals surface area contributed by atoms with Crippen molar-refractivity contribution < 1.29 is 0 Å². The molecule has 1 fully saturated rings. The summed E-state index contributed by atoms with van der Waals surface area (Å²) in [6.45, 7) is 3.38. The van der Waals surface area contributed by atoms with Gasteiger partial charge in [0.2, 0.25) is 0 Å². The Morgan fingerprint density at radius 2 is 2.31 bits per heavy atom. The maximum Gasteiger partial charge on any atom is 0.0683 e. The van der Waals surface area contributed by atoms with Crippen LogP contribution in [0.3, 0.4) is 0 Å². The van der Waals surface area contributed by atoms with Gasteiger partial charge in [-0.2, -0.15) is 5.10 Å². The zero-order chi connectivity index (χ0) is 8.67. The Morgan fingerprint density at radius 3 is 3.00 bits per heavy atom. The predicted molar refractivity (Wildman–Crippen MR) is 50.8 cm³/mol. The van der Waals surface area contributed by atoms with Gasteiger partial charge in [-0.05, 0) is 25.3 Å². The van der Waals surface area contributed by atoms with Gasteiger partial charge in [0.15, 0.2) is 0 Å². The number of hydrogen-bond donors (Lipinski definition) is 1. The normalized spacial score (nSPS) is 22.5. The van der Waals surface area contributed by atoms with E-state index in [1.165, 1.54) is 30.7 Å². The van der Waals surface area contributed by atoms with Crippen molar-refractivity contribution in [3.8, 4) is 0 Å². The van der Waals surface area contributed by atoms with Crippen LogP contribution in [-0.2, 0) is 13.0 Å². The van der Waals surface area contributed by atoms with E-state index < -0.39 is 0 Å². The quantitative estimate of drug-likeness (QED) is 0.691. The van der Waals surface area contributed by atoms with E-state index >= 15 is 0 Å². The fourth-order valence-corrected chi connectivity index (χ4v) is 2.14. The summed E-state index contributed by atoms with van der Waals surface area (Å²) in [6, 6.07) is 2.31. The van der Waals surface area contributed by atoms with Gasteiger partial charge in [-0.1, -0.05) is 0 Å². The van der Waals surface area contributed by atoms with E-state index in [-0.39, 0.29) is 0 Å². The molecule has 2 aliphatic heterocycles. The molecule has 1 saturated heterocycles. The molecule has 0 amide bonds. The third kappa shape index (κ3) is 1.18. The number of hydrogen-bond acceptors (Lipinski definition) is 2. The Labute approximate surface area is 78.1 Å². The summed E-state index contributed by atoms with van der Waals surface area (Å²) in [5.41, 5.74) is 2.77. The average molecular weight is 177 g/mol. The molecular formula is C10H15N3. The van der Waals surface area contributed by atoms with Crippen molar-refractivity contribution in [1.29, 1.82) is 0 Å². The molecule has 0 atom stereocenters. The molecule has 1 aromatic heterocycles. The second kappa shape index (κ2) is 2.84. The van der Waals surface area contributed by atoms with E-state index in [1.54, 1.807) is 0 Å². The molecule has 0 bridgehead atoms. The minimum absolute atomic E-state index is 0.693. The van der Waals surface area contributed by atoms with Crippen LogP contribution >= 0.6 is 0 Å². The van der Waals surface area contributed by atoms with Crippen LogP contribution in [0.5, 0.6) is 0 Å². The summed E-state index contributed by atoms with van der Waals surface area (Å²) in [6.07, 6.45) is 3.87. The lowest BCUT2D eigenvalue weighted by Crippen LogP contribution is -2.40. The third-order valence-corrected chi connectivity index (χ3v) is 3.13. The number of aromatic nitrogens is 2. The molecule has 0 spiro atoms. The molecule has 2 aliphatic rings. The minimum Gasteiger partial charge on any atom is -0.315 e. The second-order valence-electron chi connectivity index (χ2n) is 4.10. The first-order valence-corrected chi connectivity index (χ1v) is 5.21. The van der Waals surface area contributed by atoms with Gasteiger partial charge < -0.3 is 5.32 Å². The predicted octanol–water partition coefficient (Wildman–Crippen LogP) is 0.906. The zero-order valence-electron chi connectivity index (χ0n) is 7.79. The lowest BCUT2D eigenvalue weighted by atomic mass is 9.99. The molecular weight excluding hydrogens is 162 g/mol. The van der Waals surface area contributed by atoms with Crippen molar-refractivity contribution in [2.45, 2.75) is 31.7 Å². The lowest BCUT2D eigenvalue weighted by molar-refractivity contribution is 0.426. The van der Waals surface area contributed by atoms with Crippen molar-refractivity contribution in [3.05, 3.63) is 17.5 Å². The third-order valence-electron chi connectivity index (χ3n) is 3.13. The fourth-order valence-electron chi connectivity index (χ4n) is 2.14. The van der Waals surface area contributed by atoms with Crippen LogP contribution in [0.15, 0.2) is 6.07 Å². The van der Waals surface area contributed by atoms with Crippen molar-refractivity contribution in [1.82, 2.24) is 15.1 Å². The van der Waals surface area contributed by atoms with Gasteiger partial charge in [0.1, 0.15) is 0 Å². The number of aryl methyl sites for hydroxylation is 2. The highest BCUT2D eigenvalue weighted by atomic mass is 15.3. The largest absolute Gasteiger partial charge is 0.315 e. The van der Waals surface area contributed by atoms with Crippen LogP contribution in [0, 0.1) is 0 Å². The summed E-state index contributed by atoms with van der Waals surface area (Å²) < 4.78 is 2.21. The summed E-state index contributed by atoms with van der Waals surface area (Å²) in [7, 11) is 0. The smallest absolute Gasteiger partial charge is 0.0683 e. The Kier molecular flexibility index (Phi) is 1.65. The van der Waals surface area contributed by atoms with E-state index in [2.05, 4.69) is 21.2 Å². The van der Waals surface area contributed by atoms with Crippen LogP contribution in [0.2, 0.25) is 0 Å². The molecule has 0 saturated carbocycles. The maximum absolute atomic E-state index is 4.65. The van der Waals surface area contributed by atoms with Crippen molar-refractivity contribution in [2.75, 3.05) is 13.1 Å². The Hall–Kier alpha value is -0.830. The summed E-state index contributed by atoms with van der Waals surface area (Å²) in [5.74, 6) is 0.693. The molecule has 1 N–H and O–H groups in total. The Balaban J connectivity index is 1.90. The first-order chi connectivity index (χ1) is 6.43. The standard InChI is InChI=1S/C10H15N3/c1-2-4-13-9(3-1)5-10(12-13)8-6-11-7-8/h5,8,11H,1-4,6-7H2. The molecule has 0 unspecified atom stereocenters. The van der Waals surface area contributed by atoms with Gasteiger partial charge in [-0.15, -0.1) is 0 Å². The maximum atomic E-state index is 4.65. The minimum atomic E-state index is 0.693. The van der Waals surface area contributed by atoms with Crippen LogP contribution in [-0.4, -0.2) is 22.9 Å². The Bertz CT molecular complexity index is 288. The molecule has 0 aliphatic carbocycles. The number of rotatable bonds is 1. The zero-order valence-corrected chi connectivity index (χ0v) is 7.79. The molecule has 13 heavy (non-hydrogen) atoms. The highest BCUT2D eigenvalue weighted by Crippen LogP contribution is 2.22. The van der Waals surface area contributed by atoms with E-state index in [0.717, 1.165) is 19.6 Å². The highest BCUT2D eigenvalue weighted by Gasteiger charge is 2.23. The van der Waals surface area contributed by atoms with Crippen LogP contribution in [0.25, 0.3) is 0 Å². The molecule has 3 nitrogen and oxygen atoms in total. The second-order valence-corrected chi connectivity index (χ2v) is 4.10. The van der Waals surface area contributed by atoms with Crippen LogP contribution < -0.4 is 5.32 Å². The van der Waals surface area contributed by atoms with E-state index in [0.29, 0.717) is 5.92 Å². The van der Waals surface area contributed by atoms with Gasteiger partial charge in [-0.3, -0.25) is 4.68 Å². The highest BCUT2D eigenvalue weighted by molar-refractivity contribution is 5.18. The molecule has 3 heterocycles. The Morgan fingerprint density at radius 1 is 1.38 bits per heavy atom. The molecule has 3 rings (SSSR count). The van der Waals surface area contributed by atoms with Gasteiger partial charge >= 0.3 is 0 Å². The van der Waals surface area contributed by atoms with Crippen LogP contribution in [0.4, 0.5) is 0 Å². The summed E-state index contributed by atoms with van der Waals surface area (Å²) in [5, 5.41) is 7.94. The topological polar surface area (TPSA) is 29.9 Å². The molecule has 0 radical (unpaired) electrons. The van der Waals surface area contributed by atoms with E-state index in [9.17, 15) is 0 Å². The molecule has 3 heteroatoms. The van der Waals surface area contributed by atoms with Gasteiger partial charge in [0.05, 0.1) is 5.69 Å². The average Bonchev–Trinajstić information content (AvgIpc) is 2.43. The SMILES string of the molecule is c1c(C2CNC2)nn2c1CCCC2. The number of fused-ring (bicyclic) bond motifs is 1. The van der Waals surface area contributed by atoms with Crippen molar-refractivity contribution >= 4 is 0 Å². The lowest BCUT2D eigenvalue weighted by Gasteiger charge is -2.24.